The monoisotopic (exact) mass is 430 g/mol. The predicted octanol–water partition coefficient (Wildman–Crippen LogP) is 3.13. The second-order valence-corrected chi connectivity index (χ2v) is 8.41. The van der Waals surface area contributed by atoms with Crippen LogP contribution < -0.4 is 20.1 Å². The number of benzene rings is 1. The first-order chi connectivity index (χ1) is 15.0. The van der Waals surface area contributed by atoms with Crippen molar-refractivity contribution in [3.05, 3.63) is 46.0 Å². The molecule has 2 atom stereocenters. The van der Waals surface area contributed by atoms with Crippen LogP contribution in [-0.2, 0) is 11.2 Å². The molecule has 0 amide bonds. The molecule has 1 N–H and O–H groups in total. The van der Waals surface area contributed by atoms with E-state index in [2.05, 4.69) is 14.8 Å². The van der Waals surface area contributed by atoms with E-state index in [1.165, 1.54) is 12.1 Å². The van der Waals surface area contributed by atoms with Crippen LogP contribution in [0.15, 0.2) is 29.1 Å². The smallest absolute Gasteiger partial charge is 0.254 e. The van der Waals surface area contributed by atoms with E-state index < -0.39 is 0 Å². The number of hydrogen-bond acceptors (Lipinski definition) is 6. The minimum atomic E-state index is -0.309. The van der Waals surface area contributed by atoms with Gasteiger partial charge in [0.2, 0.25) is 5.95 Å². The minimum absolute atomic E-state index is 0.107. The summed E-state index contributed by atoms with van der Waals surface area (Å²) in [6.07, 6.45) is 5.07. The lowest BCUT2D eigenvalue weighted by Gasteiger charge is -2.34. The summed E-state index contributed by atoms with van der Waals surface area (Å²) in [5.41, 5.74) is 0.808. The molecule has 0 bridgehead atoms. The number of rotatable bonds is 5. The summed E-state index contributed by atoms with van der Waals surface area (Å²) < 4.78 is 24.7. The Morgan fingerprint density at radius 1 is 1.26 bits per heavy atom. The molecule has 168 valence electrons. The van der Waals surface area contributed by atoms with Crippen molar-refractivity contribution in [2.75, 3.05) is 43.2 Å². The average molecular weight is 431 g/mol. The van der Waals surface area contributed by atoms with Crippen LogP contribution in [0.4, 0.5) is 16.2 Å². The lowest BCUT2D eigenvalue weighted by atomic mass is 10.00. The maximum atomic E-state index is 13.7. The number of ether oxygens (including phenoxy) is 2. The van der Waals surface area contributed by atoms with E-state index in [-0.39, 0.29) is 23.5 Å². The van der Waals surface area contributed by atoms with Crippen molar-refractivity contribution in [3.63, 3.8) is 0 Å². The molecule has 0 aliphatic carbocycles. The summed E-state index contributed by atoms with van der Waals surface area (Å²) in [5, 5.41) is 0. The van der Waals surface area contributed by atoms with Crippen LogP contribution in [0.1, 0.15) is 38.2 Å². The fraction of sp³-hybridized carbons (Fsp3) is 0.565. The van der Waals surface area contributed by atoms with Gasteiger partial charge in [0.15, 0.2) is 0 Å². The van der Waals surface area contributed by atoms with Crippen LogP contribution in [0.2, 0.25) is 0 Å². The minimum Gasteiger partial charge on any atom is -0.496 e. The van der Waals surface area contributed by atoms with E-state index in [1.807, 2.05) is 6.92 Å². The van der Waals surface area contributed by atoms with Crippen LogP contribution in [0.5, 0.6) is 5.75 Å². The summed E-state index contributed by atoms with van der Waals surface area (Å²) in [7, 11) is 1.56. The van der Waals surface area contributed by atoms with E-state index in [0.717, 1.165) is 44.3 Å². The molecule has 2 aromatic rings. The quantitative estimate of drug-likeness (QED) is 0.786. The molecule has 2 unspecified atom stereocenters. The Hall–Kier alpha value is -2.61. The van der Waals surface area contributed by atoms with Gasteiger partial charge in [-0.2, -0.15) is 4.98 Å². The molecule has 7 nitrogen and oxygen atoms in total. The third-order valence-electron chi connectivity index (χ3n) is 6.13. The highest BCUT2D eigenvalue weighted by Gasteiger charge is 2.26. The van der Waals surface area contributed by atoms with Gasteiger partial charge in [-0.05, 0) is 37.8 Å². The Kier molecular flexibility index (Phi) is 6.75. The summed E-state index contributed by atoms with van der Waals surface area (Å²) in [6, 6.07) is 6.40. The number of aromatic nitrogens is 2. The van der Waals surface area contributed by atoms with Crippen molar-refractivity contribution >= 4 is 11.8 Å². The molecule has 0 spiro atoms. The topological polar surface area (TPSA) is 70.7 Å². The number of nitrogens with zero attached hydrogens (tertiary/aromatic N) is 3. The van der Waals surface area contributed by atoms with Crippen LogP contribution in [0.25, 0.3) is 0 Å². The summed E-state index contributed by atoms with van der Waals surface area (Å²) >= 11 is 0. The van der Waals surface area contributed by atoms with Gasteiger partial charge in [-0.25, -0.2) is 4.39 Å². The third-order valence-corrected chi connectivity index (χ3v) is 6.13. The van der Waals surface area contributed by atoms with Crippen molar-refractivity contribution in [1.29, 1.82) is 0 Å². The van der Waals surface area contributed by atoms with Crippen molar-refractivity contribution in [1.82, 2.24) is 9.97 Å². The van der Waals surface area contributed by atoms with Crippen LogP contribution in [0.3, 0.4) is 0 Å². The number of H-pyrrole nitrogens is 1. The Bertz CT molecular complexity index is 951. The third kappa shape index (κ3) is 5.18. The van der Waals surface area contributed by atoms with Crippen LogP contribution >= 0.6 is 0 Å². The maximum Gasteiger partial charge on any atom is 0.254 e. The highest BCUT2D eigenvalue weighted by Crippen LogP contribution is 2.28. The Morgan fingerprint density at radius 2 is 2.13 bits per heavy atom. The first kappa shape index (κ1) is 21.6. The molecule has 4 rings (SSSR count). The molecule has 3 heterocycles. The molecule has 0 saturated carbocycles. The number of nitrogens with one attached hydrogen (secondary N) is 1. The van der Waals surface area contributed by atoms with Gasteiger partial charge >= 0.3 is 0 Å². The summed E-state index contributed by atoms with van der Waals surface area (Å²) in [5.74, 6) is 1.55. The van der Waals surface area contributed by atoms with Crippen LogP contribution in [0, 0.1) is 5.82 Å². The normalized spacial score (nSPS) is 22.3. The largest absolute Gasteiger partial charge is 0.496 e. The number of methoxy groups -OCH3 is 1. The molecular formula is C23H31FN4O3. The molecular weight excluding hydrogens is 399 g/mol. The van der Waals surface area contributed by atoms with Gasteiger partial charge in [-0.15, -0.1) is 0 Å². The Labute approximate surface area is 182 Å². The first-order valence-corrected chi connectivity index (χ1v) is 11.1. The molecule has 31 heavy (non-hydrogen) atoms. The molecule has 2 aliphatic rings. The number of halogens is 1. The number of anilines is 2. The SMILES string of the molecule is COc1cc(F)ccc1CC1CCCCCN1c1nc(N2CCOC(C)C2)cc(=O)[nH]1. The average Bonchev–Trinajstić information content (AvgIpc) is 3.00. The molecule has 2 saturated heterocycles. The lowest BCUT2D eigenvalue weighted by Crippen LogP contribution is -2.43. The van der Waals surface area contributed by atoms with E-state index in [9.17, 15) is 9.18 Å². The second kappa shape index (κ2) is 9.68. The molecule has 2 aliphatic heterocycles. The predicted molar refractivity (Wildman–Crippen MR) is 119 cm³/mol. The van der Waals surface area contributed by atoms with Gasteiger partial charge in [0.25, 0.3) is 5.56 Å². The fourth-order valence-electron chi connectivity index (χ4n) is 4.57. The van der Waals surface area contributed by atoms with E-state index in [0.29, 0.717) is 37.1 Å². The fourth-order valence-corrected chi connectivity index (χ4v) is 4.57. The zero-order chi connectivity index (χ0) is 21.8. The first-order valence-electron chi connectivity index (χ1n) is 11.1. The molecule has 1 aromatic heterocycles. The van der Waals surface area contributed by atoms with E-state index in [4.69, 9.17) is 14.5 Å². The van der Waals surface area contributed by atoms with Crippen molar-refractivity contribution in [2.45, 2.75) is 51.2 Å². The number of aromatic amines is 1. The van der Waals surface area contributed by atoms with Crippen molar-refractivity contribution in [3.8, 4) is 5.75 Å². The maximum absolute atomic E-state index is 13.7. The van der Waals surface area contributed by atoms with Gasteiger partial charge in [-0.3, -0.25) is 9.78 Å². The summed E-state index contributed by atoms with van der Waals surface area (Å²) in [6.45, 7) is 4.91. The van der Waals surface area contributed by atoms with Gasteiger partial charge < -0.3 is 19.3 Å². The number of morpholine rings is 1. The Balaban J connectivity index is 1.63. The number of hydrogen-bond donors (Lipinski definition) is 1. The van der Waals surface area contributed by atoms with E-state index in [1.54, 1.807) is 19.2 Å². The zero-order valence-electron chi connectivity index (χ0n) is 18.3. The van der Waals surface area contributed by atoms with Gasteiger partial charge in [-0.1, -0.05) is 18.9 Å². The zero-order valence-corrected chi connectivity index (χ0v) is 18.3. The molecule has 1 aromatic carbocycles. The molecule has 0 radical (unpaired) electrons. The molecule has 2 fully saturated rings. The lowest BCUT2D eigenvalue weighted by molar-refractivity contribution is 0.0529. The second-order valence-electron chi connectivity index (χ2n) is 8.41. The van der Waals surface area contributed by atoms with E-state index >= 15 is 0 Å². The Morgan fingerprint density at radius 3 is 2.94 bits per heavy atom. The van der Waals surface area contributed by atoms with Gasteiger partial charge in [0.05, 0.1) is 19.8 Å². The summed E-state index contributed by atoms with van der Waals surface area (Å²) in [4.78, 5) is 24.7. The van der Waals surface area contributed by atoms with Crippen molar-refractivity contribution < 1.29 is 13.9 Å². The standard InChI is InChI=1S/C23H31FN4O3/c1-16-15-27(10-11-31-16)21-14-22(29)26-23(25-21)28-9-5-3-4-6-19(28)12-17-7-8-18(24)13-20(17)30-2/h7-8,13-14,16,19H,3-6,9-12,15H2,1-2H3,(H,25,26,29). The van der Waals surface area contributed by atoms with Gasteiger partial charge in [0.1, 0.15) is 17.4 Å². The van der Waals surface area contributed by atoms with Crippen LogP contribution in [-0.4, -0.2) is 55.5 Å². The highest BCUT2D eigenvalue weighted by molar-refractivity contribution is 5.45. The highest BCUT2D eigenvalue weighted by atomic mass is 19.1. The van der Waals surface area contributed by atoms with Gasteiger partial charge in [0, 0.05) is 37.8 Å². The van der Waals surface area contributed by atoms with Crippen molar-refractivity contribution in [2.24, 2.45) is 0 Å². The molecule has 8 heteroatoms.